The predicted molar refractivity (Wildman–Crippen MR) is 112 cm³/mol. The van der Waals surface area contributed by atoms with Crippen LogP contribution < -0.4 is 0 Å². The third-order valence-corrected chi connectivity index (χ3v) is 6.96. The molecule has 1 aromatic heterocycles. The Morgan fingerprint density at radius 1 is 1.07 bits per heavy atom. The Balaban J connectivity index is 1.24. The van der Waals surface area contributed by atoms with Gasteiger partial charge in [-0.1, -0.05) is 11.6 Å². The van der Waals surface area contributed by atoms with E-state index in [0.29, 0.717) is 44.7 Å². The first-order valence-corrected chi connectivity index (χ1v) is 11.1. The van der Waals surface area contributed by atoms with Gasteiger partial charge < -0.3 is 9.80 Å². The van der Waals surface area contributed by atoms with Crippen molar-refractivity contribution in [2.24, 2.45) is 0 Å². The molecule has 5 nitrogen and oxygen atoms in total. The summed E-state index contributed by atoms with van der Waals surface area (Å²) in [5, 5.41) is 2.23. The van der Waals surface area contributed by atoms with E-state index in [1.165, 1.54) is 22.6 Å². The van der Waals surface area contributed by atoms with Crippen LogP contribution in [0.3, 0.4) is 0 Å². The fourth-order valence-electron chi connectivity index (χ4n) is 3.88. The van der Waals surface area contributed by atoms with Gasteiger partial charge in [-0.2, -0.15) is 0 Å². The molecule has 0 spiro atoms. The van der Waals surface area contributed by atoms with Crippen molar-refractivity contribution in [2.45, 2.75) is 19.4 Å². The SMILES string of the molecule is O=C(CCN1CCN(C(=O)c2ccc(F)cc2Cl)CC1)N1CCc2sccc2C1. The average molecular weight is 436 g/mol. The van der Waals surface area contributed by atoms with Gasteiger partial charge in [-0.15, -0.1) is 11.3 Å². The van der Waals surface area contributed by atoms with Gasteiger partial charge in [0.05, 0.1) is 10.6 Å². The highest BCUT2D eigenvalue weighted by atomic mass is 35.5. The van der Waals surface area contributed by atoms with Crippen LogP contribution in [0.1, 0.15) is 27.2 Å². The van der Waals surface area contributed by atoms with Gasteiger partial charge in [0.2, 0.25) is 5.91 Å². The second-order valence-corrected chi connectivity index (χ2v) is 8.85. The largest absolute Gasteiger partial charge is 0.338 e. The zero-order chi connectivity index (χ0) is 20.4. The molecule has 2 aliphatic heterocycles. The van der Waals surface area contributed by atoms with Crippen LogP contribution in [0.4, 0.5) is 4.39 Å². The Morgan fingerprint density at radius 2 is 1.86 bits per heavy atom. The molecule has 2 aliphatic rings. The molecule has 1 aromatic carbocycles. The minimum Gasteiger partial charge on any atom is -0.338 e. The summed E-state index contributed by atoms with van der Waals surface area (Å²) >= 11 is 7.79. The van der Waals surface area contributed by atoms with Gasteiger partial charge >= 0.3 is 0 Å². The van der Waals surface area contributed by atoms with E-state index in [-0.39, 0.29) is 16.8 Å². The van der Waals surface area contributed by atoms with Crippen molar-refractivity contribution in [1.29, 1.82) is 0 Å². The summed E-state index contributed by atoms with van der Waals surface area (Å²) in [5.74, 6) is -0.436. The van der Waals surface area contributed by atoms with E-state index in [4.69, 9.17) is 11.6 Å². The molecule has 0 bridgehead atoms. The first-order valence-electron chi connectivity index (χ1n) is 9.81. The van der Waals surface area contributed by atoms with Gasteiger partial charge in [0.15, 0.2) is 0 Å². The van der Waals surface area contributed by atoms with E-state index >= 15 is 0 Å². The lowest BCUT2D eigenvalue weighted by Crippen LogP contribution is -2.49. The quantitative estimate of drug-likeness (QED) is 0.740. The smallest absolute Gasteiger partial charge is 0.255 e. The molecule has 1 fully saturated rings. The lowest BCUT2D eigenvalue weighted by atomic mass is 10.1. The third kappa shape index (κ3) is 4.63. The molecule has 8 heteroatoms. The van der Waals surface area contributed by atoms with E-state index < -0.39 is 5.82 Å². The van der Waals surface area contributed by atoms with Crippen molar-refractivity contribution < 1.29 is 14.0 Å². The molecular formula is C21H23ClFN3O2S. The minimum absolute atomic E-state index is 0.137. The van der Waals surface area contributed by atoms with Gasteiger partial charge in [-0.25, -0.2) is 4.39 Å². The van der Waals surface area contributed by atoms with Crippen LogP contribution in [-0.2, 0) is 17.8 Å². The summed E-state index contributed by atoms with van der Waals surface area (Å²) in [7, 11) is 0. The highest BCUT2D eigenvalue weighted by Gasteiger charge is 2.25. The van der Waals surface area contributed by atoms with Crippen molar-refractivity contribution in [3.05, 3.63) is 56.5 Å². The van der Waals surface area contributed by atoms with Crippen LogP contribution in [-0.4, -0.2) is 65.8 Å². The number of hydrogen-bond acceptors (Lipinski definition) is 4. The van der Waals surface area contributed by atoms with E-state index in [1.807, 2.05) is 4.90 Å². The monoisotopic (exact) mass is 435 g/mol. The number of benzene rings is 1. The number of carbonyl (C=O) groups excluding carboxylic acids is 2. The summed E-state index contributed by atoms with van der Waals surface area (Å²) in [5.41, 5.74) is 1.61. The lowest BCUT2D eigenvalue weighted by molar-refractivity contribution is -0.132. The minimum atomic E-state index is -0.454. The number of halogens is 2. The summed E-state index contributed by atoms with van der Waals surface area (Å²) < 4.78 is 13.2. The molecule has 29 heavy (non-hydrogen) atoms. The molecule has 154 valence electrons. The highest BCUT2D eigenvalue weighted by molar-refractivity contribution is 7.10. The molecule has 2 aromatic rings. The second-order valence-electron chi connectivity index (χ2n) is 7.44. The van der Waals surface area contributed by atoms with Crippen molar-refractivity contribution in [2.75, 3.05) is 39.3 Å². The molecule has 0 aliphatic carbocycles. The van der Waals surface area contributed by atoms with Crippen LogP contribution in [0.5, 0.6) is 0 Å². The van der Waals surface area contributed by atoms with Crippen LogP contribution in [0.25, 0.3) is 0 Å². The molecule has 2 amide bonds. The first-order chi connectivity index (χ1) is 14.0. The van der Waals surface area contributed by atoms with E-state index in [2.05, 4.69) is 16.3 Å². The Kier molecular flexibility index (Phi) is 6.18. The van der Waals surface area contributed by atoms with Gasteiger partial charge in [0.1, 0.15) is 5.82 Å². The number of fused-ring (bicyclic) bond motifs is 1. The molecule has 0 unspecified atom stereocenters. The van der Waals surface area contributed by atoms with Crippen LogP contribution in [0.2, 0.25) is 5.02 Å². The number of nitrogens with zero attached hydrogens (tertiary/aromatic N) is 3. The normalized spacial score (nSPS) is 17.3. The van der Waals surface area contributed by atoms with E-state index in [1.54, 1.807) is 16.2 Å². The fraction of sp³-hybridized carbons (Fsp3) is 0.429. The van der Waals surface area contributed by atoms with Gasteiger partial charge in [-0.3, -0.25) is 14.5 Å². The predicted octanol–water partition coefficient (Wildman–Crippen LogP) is 3.27. The van der Waals surface area contributed by atoms with Crippen molar-refractivity contribution in [3.63, 3.8) is 0 Å². The van der Waals surface area contributed by atoms with E-state index in [9.17, 15) is 14.0 Å². The van der Waals surface area contributed by atoms with Crippen LogP contribution in [0, 0.1) is 5.82 Å². The maximum Gasteiger partial charge on any atom is 0.255 e. The Morgan fingerprint density at radius 3 is 2.62 bits per heavy atom. The molecule has 4 rings (SSSR count). The Hall–Kier alpha value is -1.96. The maximum atomic E-state index is 13.2. The van der Waals surface area contributed by atoms with E-state index in [0.717, 1.165) is 25.6 Å². The highest BCUT2D eigenvalue weighted by Crippen LogP contribution is 2.24. The van der Waals surface area contributed by atoms with Crippen molar-refractivity contribution >= 4 is 34.8 Å². The summed E-state index contributed by atoms with van der Waals surface area (Å²) in [6, 6.07) is 5.96. The number of piperazine rings is 1. The number of thiophene rings is 1. The molecule has 3 heterocycles. The fourth-order valence-corrected chi connectivity index (χ4v) is 5.02. The second kappa shape index (κ2) is 8.81. The van der Waals surface area contributed by atoms with Crippen molar-refractivity contribution in [1.82, 2.24) is 14.7 Å². The summed E-state index contributed by atoms with van der Waals surface area (Å²) in [6.07, 6.45) is 1.45. The van der Waals surface area contributed by atoms with Gasteiger partial charge in [0, 0.05) is 57.1 Å². The summed E-state index contributed by atoms with van der Waals surface area (Å²) in [6.45, 7) is 4.79. The average Bonchev–Trinajstić information content (AvgIpc) is 3.20. The molecule has 0 N–H and O–H groups in total. The topological polar surface area (TPSA) is 43.9 Å². The zero-order valence-electron chi connectivity index (χ0n) is 16.1. The summed E-state index contributed by atoms with van der Waals surface area (Å²) in [4.78, 5) is 32.5. The van der Waals surface area contributed by atoms with Crippen LogP contribution in [0.15, 0.2) is 29.6 Å². The standard InChI is InChI=1S/C21H23ClFN3O2S/c22-18-13-16(23)1-2-17(18)21(28)25-10-8-24(9-11-25)6-4-20(27)26-7-3-19-15(14-26)5-12-29-19/h1-2,5,12-13H,3-4,6-11,14H2. The maximum absolute atomic E-state index is 13.2. The van der Waals surface area contributed by atoms with Crippen LogP contribution >= 0.6 is 22.9 Å². The van der Waals surface area contributed by atoms with Gasteiger partial charge in [-0.05, 0) is 41.6 Å². The van der Waals surface area contributed by atoms with Gasteiger partial charge in [0.25, 0.3) is 5.91 Å². The number of hydrogen-bond donors (Lipinski definition) is 0. The molecule has 0 radical (unpaired) electrons. The molecule has 1 saturated heterocycles. The number of carbonyl (C=O) groups is 2. The van der Waals surface area contributed by atoms with Crippen molar-refractivity contribution in [3.8, 4) is 0 Å². The zero-order valence-corrected chi connectivity index (χ0v) is 17.6. The Bertz CT molecular complexity index is 911. The first kappa shape index (κ1) is 20.3. The molecule has 0 saturated carbocycles. The number of rotatable bonds is 4. The Labute approximate surface area is 178 Å². The number of amides is 2. The molecular weight excluding hydrogens is 413 g/mol. The lowest BCUT2D eigenvalue weighted by Gasteiger charge is -2.35. The molecule has 0 atom stereocenters. The third-order valence-electron chi connectivity index (χ3n) is 5.62.